The van der Waals surface area contributed by atoms with Gasteiger partial charge in [0.2, 0.25) is 6.19 Å². The van der Waals surface area contributed by atoms with Gasteiger partial charge in [-0.1, -0.05) is 0 Å². The number of hydrogen-bond donors (Lipinski definition) is 1. The molecule has 2 fully saturated rings. The van der Waals surface area contributed by atoms with E-state index in [2.05, 4.69) is 20.2 Å². The van der Waals surface area contributed by atoms with Crippen LogP contribution in [-0.2, 0) is 4.74 Å². The predicted molar refractivity (Wildman–Crippen MR) is 130 cm³/mol. The molecular formula is C24H26FN7OS. The van der Waals surface area contributed by atoms with Crippen molar-refractivity contribution in [3.8, 4) is 6.19 Å². The lowest BCUT2D eigenvalue weighted by Crippen LogP contribution is -2.41. The number of fused-ring (bicyclic) bond motifs is 1. The summed E-state index contributed by atoms with van der Waals surface area (Å²) in [7, 11) is 0. The van der Waals surface area contributed by atoms with Crippen LogP contribution in [-0.4, -0.2) is 52.5 Å². The Balaban J connectivity index is 1.49. The summed E-state index contributed by atoms with van der Waals surface area (Å²) < 4.78 is 21.4. The molecule has 0 bridgehead atoms. The third-order valence-electron chi connectivity index (χ3n) is 6.35. The Labute approximate surface area is 201 Å². The van der Waals surface area contributed by atoms with E-state index in [1.807, 2.05) is 30.6 Å². The van der Waals surface area contributed by atoms with Crippen LogP contribution in [0.25, 0.3) is 5.65 Å². The monoisotopic (exact) mass is 479 g/mol. The van der Waals surface area contributed by atoms with Gasteiger partial charge in [-0.2, -0.15) is 10.3 Å². The van der Waals surface area contributed by atoms with Crippen LogP contribution in [0.2, 0.25) is 0 Å². The van der Waals surface area contributed by atoms with Crippen LogP contribution in [0.4, 0.5) is 10.2 Å². The summed E-state index contributed by atoms with van der Waals surface area (Å²) >= 11 is 1.63. The van der Waals surface area contributed by atoms with Gasteiger partial charge in [0.25, 0.3) is 0 Å². The van der Waals surface area contributed by atoms with Crippen molar-refractivity contribution in [3.63, 3.8) is 0 Å². The number of hydrogen-bond acceptors (Lipinski definition) is 7. The summed E-state index contributed by atoms with van der Waals surface area (Å²) in [6.07, 6.45) is 9.42. The van der Waals surface area contributed by atoms with Gasteiger partial charge in [-0.05, 0) is 67.8 Å². The minimum absolute atomic E-state index is 0.0415. The first-order valence-corrected chi connectivity index (χ1v) is 12.7. The zero-order chi connectivity index (χ0) is 23.5. The van der Waals surface area contributed by atoms with Crippen molar-refractivity contribution >= 4 is 29.1 Å². The van der Waals surface area contributed by atoms with Gasteiger partial charge in [-0.25, -0.2) is 13.9 Å². The molecule has 1 aromatic carbocycles. The number of aromatic nitrogens is 3. The molecular weight excluding hydrogens is 453 g/mol. The highest BCUT2D eigenvalue weighted by molar-refractivity contribution is 7.98. The fourth-order valence-electron chi connectivity index (χ4n) is 4.77. The second-order valence-electron chi connectivity index (χ2n) is 8.46. The Morgan fingerprint density at radius 3 is 3.00 bits per heavy atom. The van der Waals surface area contributed by atoms with Crippen LogP contribution in [0.1, 0.15) is 43.0 Å². The maximum atomic E-state index is 14.1. The van der Waals surface area contributed by atoms with E-state index in [0.717, 1.165) is 55.1 Å². The highest BCUT2D eigenvalue weighted by Gasteiger charge is 2.30. The van der Waals surface area contributed by atoms with Crippen molar-refractivity contribution in [1.29, 1.82) is 5.26 Å². The number of anilines is 1. The van der Waals surface area contributed by atoms with Crippen LogP contribution in [0.5, 0.6) is 0 Å². The van der Waals surface area contributed by atoms with Crippen LogP contribution < -0.4 is 10.2 Å². The number of nitrogens with zero attached hydrogens (tertiary/aromatic N) is 6. The van der Waals surface area contributed by atoms with Crippen LogP contribution in [0, 0.1) is 17.3 Å². The third-order valence-corrected chi connectivity index (χ3v) is 7.16. The van der Waals surface area contributed by atoms with Gasteiger partial charge >= 0.3 is 0 Å². The molecule has 2 aliphatic heterocycles. The van der Waals surface area contributed by atoms with Crippen molar-refractivity contribution in [2.75, 3.05) is 30.9 Å². The molecule has 34 heavy (non-hydrogen) atoms. The Bertz CT molecular complexity index is 1250. The number of nitrogens with one attached hydrogen (secondary N) is 1. The van der Waals surface area contributed by atoms with Gasteiger partial charge in [-0.3, -0.25) is 0 Å². The lowest BCUT2D eigenvalue weighted by molar-refractivity contribution is 0.0764. The average Bonchev–Trinajstić information content (AvgIpc) is 3.51. The molecule has 3 aromatic rings. The number of imidazole rings is 1. The van der Waals surface area contributed by atoms with Gasteiger partial charge in [0.1, 0.15) is 17.3 Å². The van der Waals surface area contributed by atoms with E-state index >= 15 is 0 Å². The summed E-state index contributed by atoms with van der Waals surface area (Å²) in [4.78, 5) is 11.8. The normalized spacial score (nSPS) is 21.1. The number of thioether (sulfide) groups is 1. The lowest BCUT2D eigenvalue weighted by atomic mass is 10.0. The second kappa shape index (κ2) is 9.99. The molecule has 0 saturated carbocycles. The van der Waals surface area contributed by atoms with Gasteiger partial charge in [-0.15, -0.1) is 16.9 Å². The molecule has 0 spiro atoms. The van der Waals surface area contributed by atoms with E-state index in [-0.39, 0.29) is 17.9 Å². The second-order valence-corrected chi connectivity index (χ2v) is 9.31. The first kappa shape index (κ1) is 22.6. The molecule has 0 radical (unpaired) electrons. The molecule has 5 rings (SSSR count). The van der Waals surface area contributed by atoms with Crippen molar-refractivity contribution in [2.24, 2.45) is 4.99 Å². The lowest BCUT2D eigenvalue weighted by Gasteiger charge is -2.27. The van der Waals surface area contributed by atoms with Gasteiger partial charge in [0, 0.05) is 18.0 Å². The number of benzene rings is 1. The fourth-order valence-corrected chi connectivity index (χ4v) is 5.40. The van der Waals surface area contributed by atoms with Gasteiger partial charge < -0.3 is 15.0 Å². The maximum absolute atomic E-state index is 14.1. The number of amidine groups is 1. The standard InChI is InChI=1S/C24H26FN7OS/c1-34-21-7-6-16(25)12-18(21)19-5-2-10-31(19)23-9-8-22-27-13-20(32(22)30-23)24(28-15-26)29-17-4-3-11-33-14-17/h6-9,12-13,17,19H,2-5,10-11,14H2,1H3,(H,28,29)/t17-,19-/m1/s1. The Morgan fingerprint density at radius 2 is 2.21 bits per heavy atom. The molecule has 2 saturated heterocycles. The Morgan fingerprint density at radius 1 is 1.29 bits per heavy atom. The molecule has 2 aromatic heterocycles. The third kappa shape index (κ3) is 4.45. The summed E-state index contributed by atoms with van der Waals surface area (Å²) in [6, 6.07) is 8.99. The highest BCUT2D eigenvalue weighted by Crippen LogP contribution is 2.39. The largest absolute Gasteiger partial charge is 0.379 e. The molecule has 8 nitrogen and oxygen atoms in total. The van der Waals surface area contributed by atoms with Crippen LogP contribution in [0.15, 0.2) is 46.4 Å². The number of rotatable bonds is 5. The molecule has 4 heterocycles. The smallest absolute Gasteiger partial charge is 0.207 e. The van der Waals surface area contributed by atoms with E-state index in [4.69, 9.17) is 9.84 Å². The topological polar surface area (TPSA) is 90.8 Å². The number of ether oxygens (including phenoxy) is 1. The predicted octanol–water partition coefficient (Wildman–Crippen LogP) is 3.93. The number of nitriles is 1. The Kier molecular flexibility index (Phi) is 6.65. The van der Waals surface area contributed by atoms with E-state index in [0.29, 0.717) is 23.8 Å². The Hall–Kier alpha value is -3.16. The average molecular weight is 480 g/mol. The molecule has 0 aliphatic carbocycles. The SMILES string of the molecule is CSc1ccc(F)cc1[C@H]1CCCN1c1ccc2ncc(/C(=N/C#N)N[C@@H]3CCCOC3)n2n1. The zero-order valence-electron chi connectivity index (χ0n) is 18.9. The first-order chi connectivity index (χ1) is 16.7. The van der Waals surface area contributed by atoms with E-state index in [1.54, 1.807) is 28.5 Å². The summed E-state index contributed by atoms with van der Waals surface area (Å²) in [5.74, 6) is 0.987. The molecule has 10 heteroatoms. The summed E-state index contributed by atoms with van der Waals surface area (Å²) in [5.41, 5.74) is 2.27. The number of aliphatic imine (C=N–C) groups is 1. The molecule has 176 valence electrons. The van der Waals surface area contributed by atoms with E-state index in [9.17, 15) is 9.65 Å². The quantitative estimate of drug-likeness (QED) is 0.257. The van der Waals surface area contributed by atoms with Crippen molar-refractivity contribution in [1.82, 2.24) is 19.9 Å². The van der Waals surface area contributed by atoms with Gasteiger partial charge in [0.05, 0.1) is 24.9 Å². The van der Waals surface area contributed by atoms with Crippen molar-refractivity contribution in [3.05, 3.63) is 53.6 Å². The summed E-state index contributed by atoms with van der Waals surface area (Å²) in [5, 5.41) is 17.5. The van der Waals surface area contributed by atoms with Crippen LogP contribution >= 0.6 is 11.8 Å². The first-order valence-electron chi connectivity index (χ1n) is 11.4. The minimum atomic E-state index is -0.227. The van der Waals surface area contributed by atoms with Crippen molar-refractivity contribution < 1.29 is 9.13 Å². The highest BCUT2D eigenvalue weighted by atomic mass is 32.2. The zero-order valence-corrected chi connectivity index (χ0v) is 19.8. The molecule has 1 N–H and O–H groups in total. The summed E-state index contributed by atoms with van der Waals surface area (Å²) in [6.45, 7) is 2.15. The van der Waals surface area contributed by atoms with Crippen LogP contribution in [0.3, 0.4) is 0 Å². The van der Waals surface area contributed by atoms with E-state index in [1.165, 1.54) is 6.07 Å². The molecule has 2 atom stereocenters. The van der Waals surface area contributed by atoms with E-state index < -0.39 is 0 Å². The fraction of sp³-hybridized carbons (Fsp3) is 0.417. The molecule has 2 aliphatic rings. The molecule has 0 amide bonds. The van der Waals surface area contributed by atoms with Crippen molar-refractivity contribution in [2.45, 2.75) is 42.7 Å². The maximum Gasteiger partial charge on any atom is 0.207 e. The minimum Gasteiger partial charge on any atom is -0.379 e. The van der Waals surface area contributed by atoms with Gasteiger partial charge in [0.15, 0.2) is 11.5 Å². The number of halogens is 1. The molecule has 0 unspecified atom stereocenters.